The zero-order valence-corrected chi connectivity index (χ0v) is 19.2. The van der Waals surface area contributed by atoms with Crippen molar-refractivity contribution in [2.45, 2.75) is 25.8 Å². The third-order valence-electron chi connectivity index (χ3n) is 4.76. The predicted octanol–water partition coefficient (Wildman–Crippen LogP) is 2.38. The fourth-order valence-electron chi connectivity index (χ4n) is 3.06. The van der Waals surface area contributed by atoms with Gasteiger partial charge in [-0.25, -0.2) is 9.67 Å². The van der Waals surface area contributed by atoms with Gasteiger partial charge in [-0.05, 0) is 42.9 Å². The highest BCUT2D eigenvalue weighted by Crippen LogP contribution is 2.14. The van der Waals surface area contributed by atoms with E-state index in [4.69, 9.17) is 9.47 Å². The zero-order valence-electron chi connectivity index (χ0n) is 16.9. The molecule has 0 atom stereocenters. The summed E-state index contributed by atoms with van der Waals surface area (Å²) in [5.41, 5.74) is 2.16. The van der Waals surface area contributed by atoms with E-state index in [1.807, 2.05) is 12.1 Å². The summed E-state index contributed by atoms with van der Waals surface area (Å²) in [6.45, 7) is 4.91. The molecule has 0 amide bonds. The van der Waals surface area contributed by atoms with Crippen LogP contribution in [0.25, 0.3) is 5.69 Å². The molecule has 0 radical (unpaired) electrons. The number of ether oxygens (including phenoxy) is 2. The Hall–Kier alpha value is -1.72. The smallest absolute Gasteiger partial charge is 0.191 e. The molecule has 9 heteroatoms. The standard InChI is InChI=1S/C20H30N6O2.HI/c1-21-20(23-9-2-10-28-14-18-7-11-27-12-8-18)24-13-17-3-5-19(6-4-17)26-16-22-15-25-26;/h3-6,15-16,18H,2,7-14H2,1H3,(H2,21,23,24);1H. The fraction of sp³-hybridized carbons (Fsp3) is 0.550. The van der Waals surface area contributed by atoms with Crippen molar-refractivity contribution in [3.05, 3.63) is 42.5 Å². The second kappa shape index (κ2) is 13.5. The van der Waals surface area contributed by atoms with Crippen molar-refractivity contribution in [1.29, 1.82) is 0 Å². The lowest BCUT2D eigenvalue weighted by atomic mass is 10.0. The SMILES string of the molecule is CN=C(NCCCOCC1CCOCC1)NCc1ccc(-n2cncn2)cc1.I. The lowest BCUT2D eigenvalue weighted by Gasteiger charge is -2.21. The van der Waals surface area contributed by atoms with Crippen LogP contribution in [-0.4, -0.2) is 60.7 Å². The molecule has 0 bridgehead atoms. The average molecular weight is 514 g/mol. The highest BCUT2D eigenvalue weighted by molar-refractivity contribution is 14.0. The Kier molecular flexibility index (Phi) is 11.0. The molecule has 2 N–H and O–H groups in total. The van der Waals surface area contributed by atoms with Gasteiger partial charge in [-0.3, -0.25) is 4.99 Å². The Labute approximate surface area is 189 Å². The van der Waals surface area contributed by atoms with Gasteiger partial charge in [0.25, 0.3) is 0 Å². The van der Waals surface area contributed by atoms with Crippen molar-refractivity contribution in [3.63, 3.8) is 0 Å². The summed E-state index contributed by atoms with van der Waals surface area (Å²) >= 11 is 0. The third-order valence-corrected chi connectivity index (χ3v) is 4.76. The van der Waals surface area contributed by atoms with E-state index in [2.05, 4.69) is 37.8 Å². The molecule has 2 aromatic rings. The van der Waals surface area contributed by atoms with Gasteiger partial charge in [0.2, 0.25) is 0 Å². The molecule has 0 spiro atoms. The van der Waals surface area contributed by atoms with Crippen LogP contribution in [-0.2, 0) is 16.0 Å². The summed E-state index contributed by atoms with van der Waals surface area (Å²) in [5, 5.41) is 10.8. The molecule has 1 fully saturated rings. The third kappa shape index (κ3) is 8.27. The maximum atomic E-state index is 5.79. The quantitative estimate of drug-likeness (QED) is 0.232. The molecule has 1 saturated heterocycles. The van der Waals surface area contributed by atoms with Crippen LogP contribution in [0.3, 0.4) is 0 Å². The molecule has 29 heavy (non-hydrogen) atoms. The minimum Gasteiger partial charge on any atom is -0.381 e. The summed E-state index contributed by atoms with van der Waals surface area (Å²) in [6.07, 6.45) is 6.41. The Balaban J connectivity index is 0.00000300. The Bertz CT molecular complexity index is 702. The molecule has 1 aliphatic heterocycles. The number of aromatic nitrogens is 3. The van der Waals surface area contributed by atoms with E-state index >= 15 is 0 Å². The van der Waals surface area contributed by atoms with Gasteiger partial charge in [0.05, 0.1) is 5.69 Å². The van der Waals surface area contributed by atoms with E-state index < -0.39 is 0 Å². The van der Waals surface area contributed by atoms with E-state index in [1.54, 1.807) is 18.1 Å². The summed E-state index contributed by atoms with van der Waals surface area (Å²) in [5.74, 6) is 1.46. The first kappa shape index (κ1) is 23.6. The average Bonchev–Trinajstić information content (AvgIpc) is 3.29. The minimum absolute atomic E-state index is 0. The van der Waals surface area contributed by atoms with Crippen LogP contribution in [0.5, 0.6) is 0 Å². The Morgan fingerprint density at radius 1 is 1.24 bits per heavy atom. The van der Waals surface area contributed by atoms with Gasteiger partial charge in [0.15, 0.2) is 5.96 Å². The van der Waals surface area contributed by atoms with Gasteiger partial charge in [-0.15, -0.1) is 24.0 Å². The maximum Gasteiger partial charge on any atom is 0.191 e. The molecule has 2 heterocycles. The number of guanidine groups is 1. The van der Waals surface area contributed by atoms with Crippen LogP contribution >= 0.6 is 24.0 Å². The largest absolute Gasteiger partial charge is 0.381 e. The maximum absolute atomic E-state index is 5.79. The van der Waals surface area contributed by atoms with E-state index in [0.29, 0.717) is 12.5 Å². The van der Waals surface area contributed by atoms with E-state index in [9.17, 15) is 0 Å². The highest BCUT2D eigenvalue weighted by atomic mass is 127. The van der Waals surface area contributed by atoms with Gasteiger partial charge >= 0.3 is 0 Å². The Morgan fingerprint density at radius 2 is 2.03 bits per heavy atom. The fourth-order valence-corrected chi connectivity index (χ4v) is 3.06. The van der Waals surface area contributed by atoms with Crippen LogP contribution in [0.1, 0.15) is 24.8 Å². The topological polar surface area (TPSA) is 85.6 Å². The molecule has 0 saturated carbocycles. The summed E-state index contributed by atoms with van der Waals surface area (Å²) < 4.78 is 12.9. The van der Waals surface area contributed by atoms with Crippen LogP contribution in [0.4, 0.5) is 0 Å². The van der Waals surface area contributed by atoms with Gasteiger partial charge in [-0.1, -0.05) is 12.1 Å². The number of hydrogen-bond donors (Lipinski definition) is 2. The first-order chi connectivity index (χ1) is 13.8. The van der Waals surface area contributed by atoms with Crippen molar-refractivity contribution in [1.82, 2.24) is 25.4 Å². The van der Waals surface area contributed by atoms with Crippen LogP contribution in [0.2, 0.25) is 0 Å². The zero-order chi connectivity index (χ0) is 19.4. The second-order valence-electron chi connectivity index (χ2n) is 6.84. The molecule has 1 aliphatic rings. The van der Waals surface area contributed by atoms with Crippen LogP contribution in [0.15, 0.2) is 41.9 Å². The molecule has 8 nitrogen and oxygen atoms in total. The number of aliphatic imine (C=N–C) groups is 1. The van der Waals surface area contributed by atoms with Gasteiger partial charge in [-0.2, -0.15) is 5.10 Å². The van der Waals surface area contributed by atoms with Crippen LogP contribution in [0, 0.1) is 5.92 Å². The molecule has 3 rings (SSSR count). The molecule has 1 aromatic carbocycles. The number of benzene rings is 1. The lowest BCUT2D eigenvalue weighted by molar-refractivity contribution is 0.0203. The number of nitrogens with one attached hydrogen (secondary N) is 2. The van der Waals surface area contributed by atoms with Crippen molar-refractivity contribution in [2.24, 2.45) is 10.9 Å². The first-order valence-corrected chi connectivity index (χ1v) is 9.89. The van der Waals surface area contributed by atoms with Crippen molar-refractivity contribution >= 4 is 29.9 Å². The van der Waals surface area contributed by atoms with Crippen molar-refractivity contribution < 1.29 is 9.47 Å². The second-order valence-corrected chi connectivity index (χ2v) is 6.84. The van der Waals surface area contributed by atoms with Gasteiger partial charge in [0, 0.05) is 46.6 Å². The molecule has 1 aromatic heterocycles. The summed E-state index contributed by atoms with van der Waals surface area (Å²) in [4.78, 5) is 8.23. The van der Waals surface area contributed by atoms with Crippen LogP contribution < -0.4 is 10.6 Å². The van der Waals surface area contributed by atoms with E-state index in [-0.39, 0.29) is 24.0 Å². The Morgan fingerprint density at radius 3 is 2.72 bits per heavy atom. The monoisotopic (exact) mass is 514 g/mol. The summed E-state index contributed by atoms with van der Waals surface area (Å²) in [6, 6.07) is 8.19. The molecular weight excluding hydrogens is 483 g/mol. The first-order valence-electron chi connectivity index (χ1n) is 9.89. The molecule has 160 valence electrons. The van der Waals surface area contributed by atoms with Crippen molar-refractivity contribution in [2.75, 3.05) is 40.0 Å². The number of rotatable bonds is 9. The summed E-state index contributed by atoms with van der Waals surface area (Å²) in [7, 11) is 1.78. The highest BCUT2D eigenvalue weighted by Gasteiger charge is 2.13. The molecular formula is C20H31IN6O2. The van der Waals surface area contributed by atoms with E-state index in [1.165, 1.54) is 11.9 Å². The van der Waals surface area contributed by atoms with Gasteiger partial charge < -0.3 is 20.1 Å². The van der Waals surface area contributed by atoms with E-state index in [0.717, 1.165) is 63.9 Å². The van der Waals surface area contributed by atoms with Crippen molar-refractivity contribution in [3.8, 4) is 5.69 Å². The number of hydrogen-bond acceptors (Lipinski definition) is 5. The number of nitrogens with zero attached hydrogens (tertiary/aromatic N) is 4. The predicted molar refractivity (Wildman–Crippen MR) is 124 cm³/mol. The molecule has 0 unspecified atom stereocenters. The minimum atomic E-state index is 0. The molecule has 0 aliphatic carbocycles. The van der Waals surface area contributed by atoms with Gasteiger partial charge in [0.1, 0.15) is 12.7 Å². The normalized spacial score (nSPS) is 15.0. The lowest BCUT2D eigenvalue weighted by Crippen LogP contribution is -2.37. The number of halogens is 1.